The van der Waals surface area contributed by atoms with Gasteiger partial charge in [0.25, 0.3) is 11.7 Å². The number of carbonyl (C=O) groups is 2. The molecule has 0 unspecified atom stereocenters. The molecule has 0 aliphatic carbocycles. The Bertz CT molecular complexity index is 602. The molecule has 21 heavy (non-hydrogen) atoms. The average molecular weight is 321 g/mol. The summed E-state index contributed by atoms with van der Waals surface area (Å²) < 4.78 is 37.9. The average Bonchev–Trinajstić information content (AvgIpc) is 2.63. The van der Waals surface area contributed by atoms with Crippen LogP contribution in [0.1, 0.15) is 23.7 Å². The molecule has 1 aliphatic heterocycles. The molecule has 1 aromatic carbocycles. The molecule has 114 valence electrons. The molecule has 0 aromatic heterocycles. The second-order valence-electron chi connectivity index (χ2n) is 4.67. The van der Waals surface area contributed by atoms with Gasteiger partial charge in [-0.15, -0.1) is 0 Å². The summed E-state index contributed by atoms with van der Waals surface area (Å²) in [5.74, 6) is -1.55. The standard InChI is InChI=1S/C13H12ClF3N2O2/c1-2-3-19(6-13(15,16)17)10-5-9-7(4-8(10)14)11(20)12(21)18-9/h4-5H,2-3,6H2,1H3,(H,18,20,21). The summed E-state index contributed by atoms with van der Waals surface area (Å²) in [6.07, 6.45) is -3.88. The first kappa shape index (κ1) is 15.6. The van der Waals surface area contributed by atoms with Crippen LogP contribution in [0.3, 0.4) is 0 Å². The molecule has 1 amide bonds. The molecule has 1 heterocycles. The minimum Gasteiger partial charge on any atom is -0.361 e. The highest BCUT2D eigenvalue weighted by atomic mass is 35.5. The van der Waals surface area contributed by atoms with Crippen LogP contribution < -0.4 is 10.2 Å². The van der Waals surface area contributed by atoms with Gasteiger partial charge < -0.3 is 10.2 Å². The number of nitrogens with one attached hydrogen (secondary N) is 1. The molecule has 0 fully saturated rings. The van der Waals surface area contributed by atoms with E-state index in [-0.39, 0.29) is 28.5 Å². The largest absolute Gasteiger partial charge is 0.405 e. The van der Waals surface area contributed by atoms with Crippen molar-refractivity contribution in [2.24, 2.45) is 0 Å². The van der Waals surface area contributed by atoms with Crippen molar-refractivity contribution in [1.82, 2.24) is 0 Å². The van der Waals surface area contributed by atoms with Crippen molar-refractivity contribution in [3.05, 3.63) is 22.7 Å². The number of halogens is 4. The van der Waals surface area contributed by atoms with Gasteiger partial charge >= 0.3 is 6.18 Å². The van der Waals surface area contributed by atoms with Crippen LogP contribution in [0, 0.1) is 0 Å². The molecular formula is C13H12ClF3N2O2. The number of alkyl halides is 3. The predicted molar refractivity (Wildman–Crippen MR) is 73.0 cm³/mol. The lowest BCUT2D eigenvalue weighted by Gasteiger charge is -2.26. The minimum atomic E-state index is -4.38. The van der Waals surface area contributed by atoms with Gasteiger partial charge in [0.05, 0.1) is 22.0 Å². The predicted octanol–water partition coefficient (Wildman–Crippen LogP) is 3.25. The Morgan fingerprint density at radius 3 is 2.52 bits per heavy atom. The Kier molecular flexibility index (Phi) is 4.13. The number of carbonyl (C=O) groups excluding carboxylic acids is 2. The second kappa shape index (κ2) is 5.55. The zero-order valence-electron chi connectivity index (χ0n) is 11.1. The van der Waals surface area contributed by atoms with Crippen molar-refractivity contribution in [3.63, 3.8) is 0 Å². The maximum atomic E-state index is 12.6. The summed E-state index contributed by atoms with van der Waals surface area (Å²) in [4.78, 5) is 23.9. The van der Waals surface area contributed by atoms with Gasteiger partial charge in [-0.3, -0.25) is 9.59 Å². The van der Waals surface area contributed by atoms with Crippen LogP contribution in [0.15, 0.2) is 12.1 Å². The number of hydrogen-bond acceptors (Lipinski definition) is 3. The molecule has 1 N–H and O–H groups in total. The number of ketones is 1. The normalized spacial score (nSPS) is 14.1. The van der Waals surface area contributed by atoms with Gasteiger partial charge in [-0.25, -0.2) is 0 Å². The van der Waals surface area contributed by atoms with E-state index in [0.717, 1.165) is 4.90 Å². The van der Waals surface area contributed by atoms with Gasteiger partial charge in [-0.05, 0) is 18.6 Å². The van der Waals surface area contributed by atoms with E-state index < -0.39 is 24.4 Å². The molecule has 0 radical (unpaired) electrons. The Morgan fingerprint density at radius 1 is 1.29 bits per heavy atom. The summed E-state index contributed by atoms with van der Waals surface area (Å²) in [5, 5.41) is 2.33. The lowest BCUT2D eigenvalue weighted by molar-refractivity contribution is -0.119. The van der Waals surface area contributed by atoms with E-state index in [4.69, 9.17) is 11.6 Å². The molecule has 2 rings (SSSR count). The van der Waals surface area contributed by atoms with Gasteiger partial charge in [0, 0.05) is 6.54 Å². The number of benzene rings is 1. The first-order valence-electron chi connectivity index (χ1n) is 6.24. The monoisotopic (exact) mass is 320 g/mol. The molecule has 0 spiro atoms. The molecular weight excluding hydrogens is 309 g/mol. The maximum Gasteiger partial charge on any atom is 0.405 e. The van der Waals surface area contributed by atoms with E-state index in [1.807, 2.05) is 0 Å². The lowest BCUT2D eigenvalue weighted by atomic mass is 10.1. The molecule has 0 saturated heterocycles. The minimum absolute atomic E-state index is 0.0105. The van der Waals surface area contributed by atoms with Crippen LogP contribution in [0.2, 0.25) is 5.02 Å². The van der Waals surface area contributed by atoms with Gasteiger partial charge in [0.2, 0.25) is 0 Å². The number of amides is 1. The van der Waals surface area contributed by atoms with Gasteiger partial charge in [-0.2, -0.15) is 13.2 Å². The molecule has 0 atom stereocenters. The van der Waals surface area contributed by atoms with E-state index >= 15 is 0 Å². The number of rotatable bonds is 4. The number of fused-ring (bicyclic) bond motifs is 1. The van der Waals surface area contributed by atoms with Crippen molar-refractivity contribution in [2.75, 3.05) is 23.3 Å². The zero-order chi connectivity index (χ0) is 15.8. The van der Waals surface area contributed by atoms with Crippen molar-refractivity contribution < 1.29 is 22.8 Å². The van der Waals surface area contributed by atoms with Crippen LogP contribution in [0.4, 0.5) is 24.5 Å². The van der Waals surface area contributed by atoms with E-state index in [2.05, 4.69) is 5.32 Å². The van der Waals surface area contributed by atoms with Gasteiger partial charge in [-0.1, -0.05) is 18.5 Å². The third kappa shape index (κ3) is 3.29. The summed E-state index contributed by atoms with van der Waals surface area (Å²) in [6.45, 7) is 0.747. The molecule has 0 saturated carbocycles. The zero-order valence-corrected chi connectivity index (χ0v) is 11.8. The third-order valence-electron chi connectivity index (χ3n) is 2.99. The van der Waals surface area contributed by atoms with Crippen molar-refractivity contribution >= 4 is 34.7 Å². The van der Waals surface area contributed by atoms with Crippen LogP contribution >= 0.6 is 11.6 Å². The van der Waals surface area contributed by atoms with Crippen LogP contribution in [0.25, 0.3) is 0 Å². The van der Waals surface area contributed by atoms with Crippen molar-refractivity contribution in [2.45, 2.75) is 19.5 Å². The Balaban J connectivity index is 2.41. The fourth-order valence-corrected chi connectivity index (χ4v) is 2.45. The first-order chi connectivity index (χ1) is 9.73. The fraction of sp³-hybridized carbons (Fsp3) is 0.385. The fourth-order valence-electron chi connectivity index (χ4n) is 2.17. The third-order valence-corrected chi connectivity index (χ3v) is 3.29. The van der Waals surface area contributed by atoms with E-state index in [1.165, 1.54) is 12.1 Å². The highest BCUT2D eigenvalue weighted by molar-refractivity contribution is 6.52. The van der Waals surface area contributed by atoms with Gasteiger partial charge in [0.1, 0.15) is 6.54 Å². The van der Waals surface area contributed by atoms with Crippen molar-refractivity contribution in [1.29, 1.82) is 0 Å². The second-order valence-corrected chi connectivity index (χ2v) is 5.08. The Labute approximate surface area is 123 Å². The molecule has 4 nitrogen and oxygen atoms in total. The van der Waals surface area contributed by atoms with E-state index in [1.54, 1.807) is 6.92 Å². The molecule has 0 bridgehead atoms. The quantitative estimate of drug-likeness (QED) is 0.866. The summed E-state index contributed by atoms with van der Waals surface area (Å²) >= 11 is 5.98. The Hall–Kier alpha value is -1.76. The van der Waals surface area contributed by atoms with E-state index in [9.17, 15) is 22.8 Å². The van der Waals surface area contributed by atoms with Crippen LogP contribution in [0.5, 0.6) is 0 Å². The first-order valence-corrected chi connectivity index (χ1v) is 6.61. The number of anilines is 2. The number of nitrogens with zero attached hydrogens (tertiary/aromatic N) is 1. The molecule has 1 aromatic rings. The smallest absolute Gasteiger partial charge is 0.361 e. The van der Waals surface area contributed by atoms with E-state index in [0.29, 0.717) is 6.42 Å². The molecule has 1 aliphatic rings. The Morgan fingerprint density at radius 2 is 1.95 bits per heavy atom. The summed E-state index contributed by atoms with van der Waals surface area (Å²) in [6, 6.07) is 2.54. The molecule has 8 heteroatoms. The lowest BCUT2D eigenvalue weighted by Crippen LogP contribution is -2.35. The topological polar surface area (TPSA) is 49.4 Å². The summed E-state index contributed by atoms with van der Waals surface area (Å²) in [5.41, 5.74) is 0.412. The van der Waals surface area contributed by atoms with Crippen molar-refractivity contribution in [3.8, 4) is 0 Å². The van der Waals surface area contributed by atoms with Gasteiger partial charge in [0.15, 0.2) is 0 Å². The van der Waals surface area contributed by atoms with Crippen LogP contribution in [-0.2, 0) is 4.79 Å². The number of Topliss-reactive ketones (excluding diaryl/α,β-unsaturated/α-hetero) is 1. The highest BCUT2D eigenvalue weighted by Crippen LogP contribution is 2.36. The van der Waals surface area contributed by atoms with Crippen LogP contribution in [-0.4, -0.2) is 31.0 Å². The maximum absolute atomic E-state index is 12.6. The number of hydrogen-bond donors (Lipinski definition) is 1. The highest BCUT2D eigenvalue weighted by Gasteiger charge is 2.33. The SMILES string of the molecule is CCCN(CC(F)(F)F)c1cc2c(cc1Cl)C(=O)C(=O)N2. The summed E-state index contributed by atoms with van der Waals surface area (Å²) in [7, 11) is 0.